The minimum atomic E-state index is 0.460. The predicted molar refractivity (Wildman–Crippen MR) is 48.9 cm³/mol. The molecule has 1 aromatic heterocycles. The molecule has 0 aliphatic rings. The number of nitrogen functional groups attached to an aromatic ring is 1. The highest BCUT2D eigenvalue weighted by molar-refractivity contribution is 5.37. The summed E-state index contributed by atoms with van der Waals surface area (Å²) in [5, 5.41) is 3.89. The summed E-state index contributed by atoms with van der Waals surface area (Å²) in [5.41, 5.74) is 7.54. The molecule has 12 heavy (non-hydrogen) atoms. The van der Waals surface area contributed by atoms with Crippen LogP contribution in [0.4, 0.5) is 5.88 Å². The number of aryl methyl sites for hydroxylation is 1. The number of nitrogens with two attached hydrogens (primary N) is 1. The van der Waals surface area contributed by atoms with Gasteiger partial charge in [-0.1, -0.05) is 24.9 Å². The minimum absolute atomic E-state index is 0.460. The SMILES string of the molecule is CCCCCc1noc(N)c1C. The van der Waals surface area contributed by atoms with Gasteiger partial charge < -0.3 is 10.3 Å². The molecule has 0 aromatic carbocycles. The normalized spacial score (nSPS) is 10.5. The first kappa shape index (κ1) is 9.10. The second kappa shape index (κ2) is 4.14. The molecule has 0 spiro atoms. The number of aromatic nitrogens is 1. The quantitative estimate of drug-likeness (QED) is 0.702. The van der Waals surface area contributed by atoms with E-state index in [9.17, 15) is 0 Å². The van der Waals surface area contributed by atoms with Gasteiger partial charge in [0.1, 0.15) is 0 Å². The highest BCUT2D eigenvalue weighted by Gasteiger charge is 2.07. The molecule has 1 rings (SSSR count). The minimum Gasteiger partial charge on any atom is -0.367 e. The molecule has 0 unspecified atom stereocenters. The summed E-state index contributed by atoms with van der Waals surface area (Å²) in [6, 6.07) is 0. The first-order valence-corrected chi connectivity index (χ1v) is 4.46. The molecule has 0 atom stereocenters. The van der Waals surface area contributed by atoms with Crippen LogP contribution >= 0.6 is 0 Å². The Kier molecular flexibility index (Phi) is 3.14. The number of nitrogens with zero attached hydrogens (tertiary/aromatic N) is 1. The average Bonchev–Trinajstić information content (AvgIpc) is 2.36. The third-order valence-electron chi connectivity index (χ3n) is 2.07. The monoisotopic (exact) mass is 168 g/mol. The van der Waals surface area contributed by atoms with E-state index in [0.717, 1.165) is 17.7 Å². The highest BCUT2D eigenvalue weighted by Crippen LogP contribution is 2.16. The molecule has 0 saturated carbocycles. The second-order valence-electron chi connectivity index (χ2n) is 3.08. The van der Waals surface area contributed by atoms with Crippen LogP contribution in [0.1, 0.15) is 37.4 Å². The molecule has 0 saturated heterocycles. The van der Waals surface area contributed by atoms with Gasteiger partial charge in [-0.25, -0.2) is 0 Å². The zero-order valence-electron chi connectivity index (χ0n) is 7.76. The molecular formula is C9H16N2O. The third kappa shape index (κ3) is 2.00. The zero-order valence-corrected chi connectivity index (χ0v) is 7.76. The van der Waals surface area contributed by atoms with E-state index in [1.165, 1.54) is 19.3 Å². The number of rotatable bonds is 4. The maximum absolute atomic E-state index is 5.52. The third-order valence-corrected chi connectivity index (χ3v) is 2.07. The van der Waals surface area contributed by atoms with Crippen molar-refractivity contribution in [1.82, 2.24) is 5.16 Å². The smallest absolute Gasteiger partial charge is 0.225 e. The Bertz CT molecular complexity index is 243. The van der Waals surface area contributed by atoms with E-state index >= 15 is 0 Å². The fourth-order valence-electron chi connectivity index (χ4n) is 1.16. The average molecular weight is 168 g/mol. The van der Waals surface area contributed by atoms with E-state index in [-0.39, 0.29) is 0 Å². The van der Waals surface area contributed by atoms with Gasteiger partial charge in [0, 0.05) is 5.56 Å². The predicted octanol–water partition coefficient (Wildman–Crippen LogP) is 2.30. The molecular weight excluding hydrogens is 152 g/mol. The molecule has 0 aliphatic carbocycles. The Labute approximate surface area is 72.9 Å². The molecule has 0 fully saturated rings. The summed E-state index contributed by atoms with van der Waals surface area (Å²) in [6.45, 7) is 4.14. The molecule has 2 N–H and O–H groups in total. The maximum Gasteiger partial charge on any atom is 0.225 e. The Hall–Kier alpha value is -0.990. The topological polar surface area (TPSA) is 52.0 Å². The summed E-state index contributed by atoms with van der Waals surface area (Å²) >= 11 is 0. The number of hydrogen-bond acceptors (Lipinski definition) is 3. The van der Waals surface area contributed by atoms with E-state index in [2.05, 4.69) is 12.1 Å². The van der Waals surface area contributed by atoms with Gasteiger partial charge >= 0.3 is 0 Å². The molecule has 0 aliphatic heterocycles. The van der Waals surface area contributed by atoms with E-state index in [0.29, 0.717) is 5.88 Å². The lowest BCUT2D eigenvalue weighted by Crippen LogP contribution is -1.89. The van der Waals surface area contributed by atoms with Gasteiger partial charge in [-0.05, 0) is 19.8 Å². The first-order chi connectivity index (χ1) is 5.75. The fourth-order valence-corrected chi connectivity index (χ4v) is 1.16. The summed E-state index contributed by atoms with van der Waals surface area (Å²) in [5.74, 6) is 0.460. The van der Waals surface area contributed by atoms with Gasteiger partial charge in [0.15, 0.2) is 0 Å². The van der Waals surface area contributed by atoms with Crippen LogP contribution in [-0.2, 0) is 6.42 Å². The molecule has 1 heterocycles. The van der Waals surface area contributed by atoms with E-state index in [1.807, 2.05) is 6.92 Å². The second-order valence-corrected chi connectivity index (χ2v) is 3.08. The standard InChI is InChI=1S/C9H16N2O/c1-3-4-5-6-8-7(2)9(10)12-11-8/h3-6,10H2,1-2H3. The van der Waals surface area contributed by atoms with Crippen LogP contribution in [-0.4, -0.2) is 5.16 Å². The van der Waals surface area contributed by atoms with Gasteiger partial charge in [0.05, 0.1) is 5.69 Å². The van der Waals surface area contributed by atoms with Crippen molar-refractivity contribution in [2.45, 2.75) is 39.5 Å². The lowest BCUT2D eigenvalue weighted by atomic mass is 10.1. The van der Waals surface area contributed by atoms with Crippen molar-refractivity contribution in [3.05, 3.63) is 11.3 Å². The molecule has 3 nitrogen and oxygen atoms in total. The van der Waals surface area contributed by atoms with Crippen molar-refractivity contribution in [2.24, 2.45) is 0 Å². The van der Waals surface area contributed by atoms with Crippen LogP contribution < -0.4 is 5.73 Å². The summed E-state index contributed by atoms with van der Waals surface area (Å²) in [7, 11) is 0. The van der Waals surface area contributed by atoms with Crippen molar-refractivity contribution in [1.29, 1.82) is 0 Å². The van der Waals surface area contributed by atoms with E-state index in [4.69, 9.17) is 10.3 Å². The van der Waals surface area contributed by atoms with Crippen LogP contribution in [0, 0.1) is 6.92 Å². The Morgan fingerprint density at radius 3 is 2.67 bits per heavy atom. The van der Waals surface area contributed by atoms with Crippen molar-refractivity contribution in [3.8, 4) is 0 Å². The lowest BCUT2D eigenvalue weighted by Gasteiger charge is -1.95. The van der Waals surface area contributed by atoms with Crippen molar-refractivity contribution < 1.29 is 4.52 Å². The molecule has 1 aromatic rings. The van der Waals surface area contributed by atoms with Gasteiger partial charge in [-0.15, -0.1) is 0 Å². The summed E-state index contributed by atoms with van der Waals surface area (Å²) in [6.07, 6.45) is 4.63. The summed E-state index contributed by atoms with van der Waals surface area (Å²) < 4.78 is 4.85. The Morgan fingerprint density at radius 2 is 2.17 bits per heavy atom. The molecule has 0 radical (unpaired) electrons. The molecule has 0 amide bonds. The van der Waals surface area contributed by atoms with Gasteiger partial charge in [0.25, 0.3) is 0 Å². The fraction of sp³-hybridized carbons (Fsp3) is 0.667. The van der Waals surface area contributed by atoms with Crippen LogP contribution in [0.3, 0.4) is 0 Å². The molecule has 68 valence electrons. The van der Waals surface area contributed by atoms with Gasteiger partial charge in [0.2, 0.25) is 5.88 Å². The Morgan fingerprint density at radius 1 is 1.42 bits per heavy atom. The maximum atomic E-state index is 5.52. The van der Waals surface area contributed by atoms with Crippen LogP contribution in [0.25, 0.3) is 0 Å². The van der Waals surface area contributed by atoms with Crippen molar-refractivity contribution >= 4 is 5.88 Å². The number of unbranched alkanes of at least 4 members (excludes halogenated alkanes) is 2. The number of anilines is 1. The lowest BCUT2D eigenvalue weighted by molar-refractivity contribution is 0.426. The largest absolute Gasteiger partial charge is 0.367 e. The highest BCUT2D eigenvalue weighted by atomic mass is 16.5. The van der Waals surface area contributed by atoms with Crippen molar-refractivity contribution in [3.63, 3.8) is 0 Å². The van der Waals surface area contributed by atoms with Gasteiger partial charge in [-0.2, -0.15) is 0 Å². The molecule has 3 heteroatoms. The Balaban J connectivity index is 2.46. The van der Waals surface area contributed by atoms with Crippen LogP contribution in [0.5, 0.6) is 0 Å². The molecule has 0 bridgehead atoms. The van der Waals surface area contributed by atoms with Crippen LogP contribution in [0.15, 0.2) is 4.52 Å². The van der Waals surface area contributed by atoms with Crippen LogP contribution in [0.2, 0.25) is 0 Å². The van der Waals surface area contributed by atoms with E-state index in [1.54, 1.807) is 0 Å². The summed E-state index contributed by atoms with van der Waals surface area (Å²) in [4.78, 5) is 0. The zero-order chi connectivity index (χ0) is 8.97. The first-order valence-electron chi connectivity index (χ1n) is 4.46. The van der Waals surface area contributed by atoms with Gasteiger partial charge in [-0.3, -0.25) is 0 Å². The van der Waals surface area contributed by atoms with Crippen molar-refractivity contribution in [2.75, 3.05) is 5.73 Å². The number of hydrogen-bond donors (Lipinski definition) is 1. The van der Waals surface area contributed by atoms with E-state index < -0.39 is 0 Å².